The summed E-state index contributed by atoms with van der Waals surface area (Å²) in [6.45, 7) is 3.55. The maximum absolute atomic E-state index is 11.4. The summed E-state index contributed by atoms with van der Waals surface area (Å²) in [5, 5.41) is 2.81. The Morgan fingerprint density at radius 1 is 1.79 bits per heavy atom. The van der Waals surface area contributed by atoms with Crippen LogP contribution in [0.1, 0.15) is 33.1 Å². The van der Waals surface area contributed by atoms with Crippen molar-refractivity contribution < 1.29 is 9.53 Å². The molecule has 0 aliphatic carbocycles. The average molecular weight is 200 g/mol. The van der Waals surface area contributed by atoms with Crippen LogP contribution < -0.4 is 5.73 Å². The predicted molar refractivity (Wildman–Crippen MR) is 51.6 cm³/mol. The van der Waals surface area contributed by atoms with Crippen LogP contribution in [-0.2, 0) is 9.53 Å². The zero-order valence-corrected chi connectivity index (χ0v) is 8.53. The molecule has 0 amide bonds. The Kier molecular flexibility index (Phi) is 3.21. The first-order valence-electron chi connectivity index (χ1n) is 4.87. The van der Waals surface area contributed by atoms with Crippen molar-refractivity contribution in [3.63, 3.8) is 0 Å². The number of ether oxygens (including phenoxy) is 1. The summed E-state index contributed by atoms with van der Waals surface area (Å²) < 4.78 is 5.08. The third-order valence-corrected chi connectivity index (χ3v) is 2.73. The van der Waals surface area contributed by atoms with Gasteiger partial charge in [-0.15, -0.1) is 0 Å². The van der Waals surface area contributed by atoms with E-state index in [9.17, 15) is 9.70 Å². The van der Waals surface area contributed by atoms with Crippen molar-refractivity contribution in [2.45, 2.75) is 50.8 Å². The van der Waals surface area contributed by atoms with Crippen molar-refractivity contribution >= 4 is 5.97 Å². The van der Waals surface area contributed by atoms with Gasteiger partial charge in [0.25, 0.3) is 0 Å². The minimum atomic E-state index is -1.21. The average Bonchev–Trinajstić information content (AvgIpc) is 2.43. The fraction of sp³-hybridized carbons (Fsp3) is 0.889. The molecule has 1 fully saturated rings. The largest absolute Gasteiger partial charge is 0.461 e. The van der Waals surface area contributed by atoms with Gasteiger partial charge < -0.3 is 10.5 Å². The molecule has 80 valence electrons. The van der Waals surface area contributed by atoms with E-state index in [0.29, 0.717) is 6.42 Å². The molecular weight excluding hydrogens is 184 g/mol. The van der Waals surface area contributed by atoms with Crippen molar-refractivity contribution in [3.05, 3.63) is 4.91 Å². The van der Waals surface area contributed by atoms with Crippen molar-refractivity contribution in [1.82, 2.24) is 0 Å². The molecule has 5 heteroatoms. The third-order valence-electron chi connectivity index (χ3n) is 2.73. The molecule has 0 bridgehead atoms. The molecule has 1 aliphatic heterocycles. The van der Waals surface area contributed by atoms with Crippen LogP contribution in [0, 0.1) is 4.91 Å². The van der Waals surface area contributed by atoms with Crippen LogP contribution in [0.25, 0.3) is 0 Å². The number of hydrogen-bond acceptors (Lipinski definition) is 5. The molecule has 14 heavy (non-hydrogen) atoms. The summed E-state index contributed by atoms with van der Waals surface area (Å²) in [7, 11) is 0. The Hall–Kier alpha value is -0.970. The Balaban J connectivity index is 2.72. The fourth-order valence-electron chi connectivity index (χ4n) is 1.68. The first-order chi connectivity index (χ1) is 6.54. The van der Waals surface area contributed by atoms with E-state index in [2.05, 4.69) is 5.18 Å². The lowest BCUT2D eigenvalue weighted by Gasteiger charge is -2.20. The van der Waals surface area contributed by atoms with E-state index in [1.165, 1.54) is 0 Å². The smallest absolute Gasteiger partial charge is 0.328 e. The summed E-state index contributed by atoms with van der Waals surface area (Å²) in [6.07, 6.45) is 1.96. The highest BCUT2D eigenvalue weighted by Gasteiger charge is 2.50. The number of nitrogens with two attached hydrogens (primary N) is 1. The lowest BCUT2D eigenvalue weighted by Crippen LogP contribution is -2.52. The number of carbonyl (C=O) groups is 1. The number of nitrogens with zero attached hydrogens (tertiary/aromatic N) is 1. The summed E-state index contributed by atoms with van der Waals surface area (Å²) in [4.78, 5) is 21.8. The minimum Gasteiger partial charge on any atom is -0.461 e. The zero-order valence-electron chi connectivity index (χ0n) is 8.53. The molecule has 0 saturated carbocycles. The molecule has 0 aromatic rings. The number of nitroso groups, excluding NO2 is 1. The summed E-state index contributed by atoms with van der Waals surface area (Å²) in [5.74, 6) is -0.497. The van der Waals surface area contributed by atoms with Crippen molar-refractivity contribution in [2.75, 3.05) is 0 Å². The molecular formula is C9H16N2O3. The van der Waals surface area contributed by atoms with Crippen LogP contribution in [0.15, 0.2) is 5.18 Å². The van der Waals surface area contributed by atoms with Crippen LogP contribution in [0.4, 0.5) is 0 Å². The maximum atomic E-state index is 11.4. The second-order valence-electron chi connectivity index (χ2n) is 3.84. The SMILES string of the molecule is CCCC1C[C@@](N)([C@H](C)N=O)C(=O)O1. The van der Waals surface area contributed by atoms with Gasteiger partial charge in [-0.1, -0.05) is 18.5 Å². The van der Waals surface area contributed by atoms with E-state index in [0.717, 1.165) is 12.8 Å². The van der Waals surface area contributed by atoms with Crippen LogP contribution in [0.5, 0.6) is 0 Å². The third kappa shape index (κ3) is 1.77. The van der Waals surface area contributed by atoms with E-state index in [-0.39, 0.29) is 6.10 Å². The number of esters is 1. The summed E-state index contributed by atoms with van der Waals surface area (Å²) in [6, 6.07) is -0.725. The van der Waals surface area contributed by atoms with Gasteiger partial charge in [0.2, 0.25) is 0 Å². The molecule has 0 spiro atoms. The van der Waals surface area contributed by atoms with Gasteiger partial charge in [0.15, 0.2) is 0 Å². The van der Waals surface area contributed by atoms with Gasteiger partial charge >= 0.3 is 5.97 Å². The number of hydrogen-bond donors (Lipinski definition) is 1. The zero-order chi connectivity index (χ0) is 10.8. The van der Waals surface area contributed by atoms with E-state index in [4.69, 9.17) is 10.5 Å². The highest BCUT2D eigenvalue weighted by atomic mass is 16.6. The lowest BCUT2D eigenvalue weighted by molar-refractivity contribution is -0.145. The Bertz CT molecular complexity index is 244. The molecule has 5 nitrogen and oxygen atoms in total. The van der Waals surface area contributed by atoms with Gasteiger partial charge in [0.05, 0.1) is 0 Å². The molecule has 1 aliphatic rings. The van der Waals surface area contributed by atoms with Crippen LogP contribution >= 0.6 is 0 Å². The fourth-order valence-corrected chi connectivity index (χ4v) is 1.68. The highest BCUT2D eigenvalue weighted by molar-refractivity contribution is 5.83. The molecule has 0 radical (unpaired) electrons. The molecule has 3 atom stereocenters. The topological polar surface area (TPSA) is 81.8 Å². The minimum absolute atomic E-state index is 0.151. The van der Waals surface area contributed by atoms with Gasteiger partial charge in [-0.3, -0.25) is 0 Å². The first-order valence-corrected chi connectivity index (χ1v) is 4.87. The molecule has 1 saturated heterocycles. The lowest BCUT2D eigenvalue weighted by atomic mass is 9.88. The number of cyclic esters (lactones) is 1. The summed E-state index contributed by atoms with van der Waals surface area (Å²) >= 11 is 0. The second-order valence-corrected chi connectivity index (χ2v) is 3.84. The van der Waals surface area contributed by atoms with E-state index in [1.54, 1.807) is 6.92 Å². The Morgan fingerprint density at radius 3 is 2.93 bits per heavy atom. The van der Waals surface area contributed by atoms with Gasteiger partial charge in [-0.05, 0) is 13.3 Å². The van der Waals surface area contributed by atoms with Gasteiger partial charge in [0.1, 0.15) is 17.7 Å². The van der Waals surface area contributed by atoms with Crippen molar-refractivity contribution in [3.8, 4) is 0 Å². The Labute approximate surface area is 83.0 Å². The standard InChI is InChI=1S/C9H16N2O3/c1-3-4-7-5-9(10,6(2)11-13)8(12)14-7/h6-7H,3-5,10H2,1-2H3/t6-,7?,9+/m0/s1. The first kappa shape index (κ1) is 11.1. The van der Waals surface area contributed by atoms with Crippen LogP contribution in [0.2, 0.25) is 0 Å². The van der Waals surface area contributed by atoms with Crippen LogP contribution in [-0.4, -0.2) is 23.7 Å². The van der Waals surface area contributed by atoms with Crippen molar-refractivity contribution in [2.24, 2.45) is 10.9 Å². The second kappa shape index (κ2) is 4.04. The highest BCUT2D eigenvalue weighted by Crippen LogP contribution is 2.30. The van der Waals surface area contributed by atoms with Gasteiger partial charge in [-0.2, -0.15) is 4.91 Å². The van der Waals surface area contributed by atoms with Gasteiger partial charge in [0, 0.05) is 6.42 Å². The quantitative estimate of drug-likeness (QED) is 0.541. The monoisotopic (exact) mass is 200 g/mol. The van der Waals surface area contributed by atoms with E-state index < -0.39 is 17.6 Å². The number of carbonyl (C=O) groups excluding carboxylic acids is 1. The summed E-state index contributed by atoms with van der Waals surface area (Å²) in [5.41, 5.74) is 4.60. The molecule has 2 N–H and O–H groups in total. The molecule has 1 unspecified atom stereocenters. The predicted octanol–water partition coefficient (Wildman–Crippen LogP) is 0.954. The van der Waals surface area contributed by atoms with E-state index in [1.807, 2.05) is 6.92 Å². The van der Waals surface area contributed by atoms with Crippen molar-refractivity contribution in [1.29, 1.82) is 0 Å². The molecule has 1 heterocycles. The maximum Gasteiger partial charge on any atom is 0.328 e. The van der Waals surface area contributed by atoms with Gasteiger partial charge in [-0.25, -0.2) is 4.79 Å². The van der Waals surface area contributed by atoms with E-state index >= 15 is 0 Å². The number of rotatable bonds is 4. The Morgan fingerprint density at radius 2 is 2.43 bits per heavy atom. The van der Waals surface area contributed by atoms with Crippen LogP contribution in [0.3, 0.4) is 0 Å². The normalized spacial score (nSPS) is 33.9. The molecule has 0 aromatic carbocycles. The molecule has 1 rings (SSSR count). The molecule has 0 aromatic heterocycles.